The molecule has 2 rings (SSSR count). The molecule has 1 amide bonds. The SMILES string of the molecule is C[C@H](OC(=O)c1ccccc1NS(C)(=O)=O)C(=O)Nc1ccc(Cl)cc1. The van der Waals surface area contributed by atoms with Crippen LogP contribution in [-0.2, 0) is 19.6 Å². The lowest BCUT2D eigenvalue weighted by atomic mass is 10.2. The molecule has 0 unspecified atom stereocenters. The van der Waals surface area contributed by atoms with Gasteiger partial charge >= 0.3 is 5.97 Å². The number of rotatable bonds is 6. The monoisotopic (exact) mass is 396 g/mol. The van der Waals surface area contributed by atoms with Gasteiger partial charge in [-0.15, -0.1) is 0 Å². The van der Waals surface area contributed by atoms with Crippen LogP contribution in [0.3, 0.4) is 0 Å². The van der Waals surface area contributed by atoms with Gasteiger partial charge in [-0.05, 0) is 43.3 Å². The third-order valence-electron chi connectivity index (χ3n) is 3.21. The lowest BCUT2D eigenvalue weighted by molar-refractivity contribution is -0.123. The van der Waals surface area contributed by atoms with Crippen LogP contribution in [0, 0.1) is 0 Å². The minimum absolute atomic E-state index is 0.00377. The number of ether oxygens (including phenoxy) is 1. The van der Waals surface area contributed by atoms with Gasteiger partial charge in [-0.3, -0.25) is 9.52 Å². The van der Waals surface area contributed by atoms with Gasteiger partial charge in [-0.2, -0.15) is 0 Å². The molecule has 0 radical (unpaired) electrons. The van der Waals surface area contributed by atoms with Gasteiger partial charge in [-0.1, -0.05) is 23.7 Å². The van der Waals surface area contributed by atoms with Crippen LogP contribution in [0.15, 0.2) is 48.5 Å². The van der Waals surface area contributed by atoms with Crippen molar-refractivity contribution < 1.29 is 22.7 Å². The third kappa shape index (κ3) is 5.75. The van der Waals surface area contributed by atoms with E-state index in [1.165, 1.54) is 19.1 Å². The topological polar surface area (TPSA) is 102 Å². The van der Waals surface area contributed by atoms with Crippen LogP contribution in [0.5, 0.6) is 0 Å². The van der Waals surface area contributed by atoms with Gasteiger partial charge in [0, 0.05) is 10.7 Å². The zero-order valence-electron chi connectivity index (χ0n) is 14.0. The number of sulfonamides is 1. The van der Waals surface area contributed by atoms with Gasteiger partial charge in [0.2, 0.25) is 10.0 Å². The largest absolute Gasteiger partial charge is 0.449 e. The van der Waals surface area contributed by atoms with Gasteiger partial charge in [0.25, 0.3) is 5.91 Å². The summed E-state index contributed by atoms with van der Waals surface area (Å²) in [5.41, 5.74) is 0.579. The lowest BCUT2D eigenvalue weighted by Gasteiger charge is -2.15. The van der Waals surface area contributed by atoms with Crippen LogP contribution in [0.25, 0.3) is 0 Å². The summed E-state index contributed by atoms with van der Waals surface area (Å²) < 4.78 is 30.2. The number of hydrogen-bond acceptors (Lipinski definition) is 5. The van der Waals surface area contributed by atoms with E-state index >= 15 is 0 Å². The average molecular weight is 397 g/mol. The number of carbonyl (C=O) groups excluding carboxylic acids is 2. The predicted octanol–water partition coefficient (Wildman–Crippen LogP) is 2.90. The molecule has 2 N–H and O–H groups in total. The fraction of sp³-hybridized carbons (Fsp3) is 0.176. The number of esters is 1. The molecule has 0 aliphatic rings. The molecule has 0 heterocycles. The highest BCUT2D eigenvalue weighted by molar-refractivity contribution is 7.92. The Bertz CT molecular complexity index is 913. The number of benzene rings is 2. The normalized spacial score (nSPS) is 12.1. The highest BCUT2D eigenvalue weighted by Gasteiger charge is 2.21. The highest BCUT2D eigenvalue weighted by Crippen LogP contribution is 2.19. The smallest absolute Gasteiger partial charge is 0.341 e. The van der Waals surface area contributed by atoms with E-state index in [1.807, 2.05) is 0 Å². The molecule has 138 valence electrons. The molecule has 9 heteroatoms. The van der Waals surface area contributed by atoms with Crippen LogP contribution in [0.4, 0.5) is 11.4 Å². The molecule has 2 aromatic rings. The molecule has 0 saturated heterocycles. The number of para-hydroxylation sites is 1. The van der Waals surface area contributed by atoms with Crippen molar-refractivity contribution in [3.8, 4) is 0 Å². The maximum atomic E-state index is 12.3. The lowest BCUT2D eigenvalue weighted by Crippen LogP contribution is -2.30. The molecular formula is C17H17ClN2O5S. The van der Waals surface area contributed by atoms with Crippen LogP contribution in [0.1, 0.15) is 17.3 Å². The molecule has 0 aromatic heterocycles. The standard InChI is InChI=1S/C17H17ClN2O5S/c1-11(16(21)19-13-9-7-12(18)8-10-13)25-17(22)14-5-3-4-6-15(14)20-26(2,23)24/h3-11,20H,1-2H3,(H,19,21)/t11-/m0/s1. The van der Waals surface area contributed by atoms with E-state index in [0.717, 1.165) is 6.26 Å². The first-order valence-electron chi connectivity index (χ1n) is 7.50. The van der Waals surface area contributed by atoms with Crippen molar-refractivity contribution in [1.29, 1.82) is 0 Å². The molecule has 0 fully saturated rings. The Morgan fingerprint density at radius 3 is 2.31 bits per heavy atom. The number of anilines is 2. The predicted molar refractivity (Wildman–Crippen MR) is 99.9 cm³/mol. The van der Waals surface area contributed by atoms with Crippen LogP contribution < -0.4 is 10.0 Å². The number of amides is 1. The highest BCUT2D eigenvalue weighted by atomic mass is 35.5. The first-order valence-corrected chi connectivity index (χ1v) is 9.77. The second-order valence-corrected chi connectivity index (χ2v) is 7.65. The van der Waals surface area contributed by atoms with Gasteiger partial charge in [0.1, 0.15) is 0 Å². The van der Waals surface area contributed by atoms with Crippen molar-refractivity contribution in [1.82, 2.24) is 0 Å². The fourth-order valence-corrected chi connectivity index (χ4v) is 2.71. The van der Waals surface area contributed by atoms with Crippen molar-refractivity contribution >= 4 is 44.9 Å². The van der Waals surface area contributed by atoms with E-state index in [0.29, 0.717) is 10.7 Å². The minimum Gasteiger partial charge on any atom is -0.449 e. The van der Waals surface area contributed by atoms with E-state index in [2.05, 4.69) is 10.0 Å². The summed E-state index contributed by atoms with van der Waals surface area (Å²) >= 11 is 5.78. The molecule has 2 aromatic carbocycles. The summed E-state index contributed by atoms with van der Waals surface area (Å²) in [5.74, 6) is -1.36. The quantitative estimate of drug-likeness (QED) is 0.731. The second-order valence-electron chi connectivity index (χ2n) is 5.46. The van der Waals surface area contributed by atoms with E-state index in [-0.39, 0.29) is 11.3 Å². The van der Waals surface area contributed by atoms with Crippen LogP contribution >= 0.6 is 11.6 Å². The summed E-state index contributed by atoms with van der Waals surface area (Å²) in [7, 11) is -3.57. The molecular weight excluding hydrogens is 380 g/mol. The van der Waals surface area contributed by atoms with Crippen molar-refractivity contribution in [2.24, 2.45) is 0 Å². The first kappa shape index (κ1) is 19.7. The van der Waals surface area contributed by atoms with E-state index in [1.54, 1.807) is 36.4 Å². The fourth-order valence-electron chi connectivity index (χ4n) is 2.00. The van der Waals surface area contributed by atoms with Gasteiger partial charge in [0.15, 0.2) is 6.10 Å². The molecule has 1 atom stereocenters. The maximum Gasteiger partial charge on any atom is 0.341 e. The first-order chi connectivity index (χ1) is 12.2. The van der Waals surface area contributed by atoms with Gasteiger partial charge in [-0.25, -0.2) is 13.2 Å². The van der Waals surface area contributed by atoms with Crippen LogP contribution in [-0.4, -0.2) is 32.7 Å². The summed E-state index contributed by atoms with van der Waals surface area (Å²) in [6.07, 6.45) is -0.124. The Kier molecular flexibility index (Phi) is 6.23. The van der Waals surface area contributed by atoms with Crippen molar-refractivity contribution in [3.05, 3.63) is 59.1 Å². The summed E-state index contributed by atoms with van der Waals surface area (Å²) in [4.78, 5) is 24.5. The molecule has 0 aliphatic heterocycles. The number of halogens is 1. The molecule has 7 nitrogen and oxygen atoms in total. The Balaban J connectivity index is 2.07. The van der Waals surface area contributed by atoms with Gasteiger partial charge in [0.05, 0.1) is 17.5 Å². The average Bonchev–Trinajstić information content (AvgIpc) is 2.55. The summed E-state index contributed by atoms with van der Waals surface area (Å²) in [6.45, 7) is 1.41. The maximum absolute atomic E-state index is 12.3. The molecule has 0 bridgehead atoms. The second kappa shape index (κ2) is 8.20. The van der Waals surface area contributed by atoms with Crippen LogP contribution in [0.2, 0.25) is 5.02 Å². The molecule has 26 heavy (non-hydrogen) atoms. The minimum atomic E-state index is -3.57. The Hall–Kier alpha value is -2.58. The van der Waals surface area contributed by atoms with Crippen molar-refractivity contribution in [2.75, 3.05) is 16.3 Å². The number of hydrogen-bond donors (Lipinski definition) is 2. The van der Waals surface area contributed by atoms with E-state index in [9.17, 15) is 18.0 Å². The molecule has 0 saturated carbocycles. The molecule has 0 aliphatic carbocycles. The Labute approximate surface area is 156 Å². The number of nitrogens with one attached hydrogen (secondary N) is 2. The van der Waals surface area contributed by atoms with E-state index < -0.39 is 28.0 Å². The zero-order chi connectivity index (χ0) is 19.3. The number of carbonyl (C=O) groups is 2. The van der Waals surface area contributed by atoms with E-state index in [4.69, 9.17) is 16.3 Å². The van der Waals surface area contributed by atoms with Gasteiger partial charge < -0.3 is 10.1 Å². The Morgan fingerprint density at radius 1 is 1.08 bits per heavy atom. The third-order valence-corrected chi connectivity index (χ3v) is 4.05. The Morgan fingerprint density at radius 2 is 1.69 bits per heavy atom. The summed E-state index contributed by atoms with van der Waals surface area (Å²) in [5, 5.41) is 3.12. The van der Waals surface area contributed by atoms with Crippen molar-refractivity contribution in [3.63, 3.8) is 0 Å². The summed E-state index contributed by atoms with van der Waals surface area (Å²) in [6, 6.07) is 12.4. The zero-order valence-corrected chi connectivity index (χ0v) is 15.6. The molecule has 0 spiro atoms. The van der Waals surface area contributed by atoms with Crippen molar-refractivity contribution in [2.45, 2.75) is 13.0 Å².